The van der Waals surface area contributed by atoms with Crippen LogP contribution in [0.4, 0.5) is 0 Å². The number of aliphatic hydroxyl groups is 1. The number of ether oxygens (including phenoxy) is 1. The predicted octanol–water partition coefficient (Wildman–Crippen LogP) is 2.23. The Labute approximate surface area is 132 Å². The molecule has 0 bridgehead atoms. The predicted molar refractivity (Wildman–Crippen MR) is 86.3 cm³/mol. The SMILES string of the molecule is CC[C@@H](NS(=O)(=O)CCCO)c1cccc(OCC2CC2)c1. The van der Waals surface area contributed by atoms with Crippen molar-refractivity contribution in [3.05, 3.63) is 29.8 Å². The van der Waals surface area contributed by atoms with Crippen molar-refractivity contribution in [1.82, 2.24) is 4.72 Å². The molecule has 22 heavy (non-hydrogen) atoms. The minimum atomic E-state index is -3.38. The van der Waals surface area contributed by atoms with Crippen LogP contribution < -0.4 is 9.46 Å². The summed E-state index contributed by atoms with van der Waals surface area (Å²) in [4.78, 5) is 0. The molecule has 0 aliphatic heterocycles. The van der Waals surface area contributed by atoms with E-state index < -0.39 is 10.0 Å². The second-order valence-electron chi connectivity index (χ2n) is 5.80. The molecule has 124 valence electrons. The molecule has 1 atom stereocenters. The van der Waals surface area contributed by atoms with E-state index in [1.165, 1.54) is 12.8 Å². The van der Waals surface area contributed by atoms with Crippen LogP contribution >= 0.6 is 0 Å². The number of benzene rings is 1. The number of hydrogen-bond acceptors (Lipinski definition) is 4. The van der Waals surface area contributed by atoms with Gasteiger partial charge in [0.15, 0.2) is 0 Å². The molecule has 1 saturated carbocycles. The average molecular weight is 327 g/mol. The molecule has 2 rings (SSSR count). The van der Waals surface area contributed by atoms with Crippen LogP contribution in [0.2, 0.25) is 0 Å². The maximum absolute atomic E-state index is 12.0. The molecule has 1 aromatic rings. The highest BCUT2D eigenvalue weighted by Crippen LogP contribution is 2.30. The minimum absolute atomic E-state index is 0.0577. The minimum Gasteiger partial charge on any atom is -0.493 e. The fourth-order valence-corrected chi connectivity index (χ4v) is 3.60. The molecule has 2 N–H and O–H groups in total. The molecule has 6 heteroatoms. The van der Waals surface area contributed by atoms with E-state index in [0.29, 0.717) is 12.3 Å². The van der Waals surface area contributed by atoms with E-state index in [2.05, 4.69) is 4.72 Å². The van der Waals surface area contributed by atoms with Gasteiger partial charge in [-0.05, 0) is 49.3 Å². The van der Waals surface area contributed by atoms with E-state index >= 15 is 0 Å². The summed E-state index contributed by atoms with van der Waals surface area (Å²) in [6.45, 7) is 2.56. The first-order valence-electron chi connectivity index (χ1n) is 7.87. The summed E-state index contributed by atoms with van der Waals surface area (Å²) in [5, 5.41) is 8.77. The Hall–Kier alpha value is -1.11. The van der Waals surface area contributed by atoms with Crippen LogP contribution in [0.1, 0.15) is 44.2 Å². The van der Waals surface area contributed by atoms with Gasteiger partial charge >= 0.3 is 0 Å². The molecule has 0 heterocycles. The molecule has 0 spiro atoms. The Morgan fingerprint density at radius 1 is 1.41 bits per heavy atom. The third-order valence-electron chi connectivity index (χ3n) is 3.74. The molecule has 1 fully saturated rings. The van der Waals surface area contributed by atoms with Crippen LogP contribution in [0.5, 0.6) is 5.75 Å². The van der Waals surface area contributed by atoms with Gasteiger partial charge in [0.2, 0.25) is 10.0 Å². The van der Waals surface area contributed by atoms with Crippen LogP contribution in [0, 0.1) is 5.92 Å². The maximum atomic E-state index is 12.0. The van der Waals surface area contributed by atoms with Crippen LogP contribution in [0.3, 0.4) is 0 Å². The lowest BCUT2D eigenvalue weighted by Gasteiger charge is -2.18. The molecule has 0 aromatic heterocycles. The highest BCUT2D eigenvalue weighted by molar-refractivity contribution is 7.89. The normalized spacial score (nSPS) is 16.5. The molecule has 0 unspecified atom stereocenters. The van der Waals surface area contributed by atoms with Crippen LogP contribution in [0.25, 0.3) is 0 Å². The highest BCUT2D eigenvalue weighted by Gasteiger charge is 2.22. The standard InChI is InChI=1S/C16H25NO4S/c1-2-16(17-22(19,20)10-4-9-18)14-5-3-6-15(11-14)21-12-13-7-8-13/h3,5-6,11,13,16-18H,2,4,7-10,12H2,1H3/t16-/m1/s1. The molecule has 0 saturated heterocycles. The number of sulfonamides is 1. The van der Waals surface area contributed by atoms with Gasteiger partial charge in [-0.3, -0.25) is 0 Å². The van der Waals surface area contributed by atoms with Gasteiger partial charge < -0.3 is 9.84 Å². The smallest absolute Gasteiger partial charge is 0.212 e. The Morgan fingerprint density at radius 3 is 2.82 bits per heavy atom. The number of aliphatic hydroxyl groups excluding tert-OH is 1. The van der Waals surface area contributed by atoms with Gasteiger partial charge in [-0.15, -0.1) is 0 Å². The van der Waals surface area contributed by atoms with E-state index in [9.17, 15) is 8.42 Å². The Kier molecular flexibility index (Phi) is 6.23. The topological polar surface area (TPSA) is 75.6 Å². The summed E-state index contributed by atoms with van der Waals surface area (Å²) in [6, 6.07) is 7.34. The van der Waals surface area contributed by atoms with E-state index in [1.54, 1.807) is 0 Å². The fourth-order valence-electron chi connectivity index (χ4n) is 2.24. The second-order valence-corrected chi connectivity index (χ2v) is 7.68. The Balaban J connectivity index is 2.01. The van der Waals surface area contributed by atoms with Crippen LogP contribution in [-0.4, -0.2) is 32.5 Å². The van der Waals surface area contributed by atoms with Crippen molar-refractivity contribution < 1.29 is 18.3 Å². The average Bonchev–Trinajstić information content (AvgIpc) is 3.33. The fraction of sp³-hybridized carbons (Fsp3) is 0.625. The zero-order valence-electron chi connectivity index (χ0n) is 13.0. The van der Waals surface area contributed by atoms with E-state index in [0.717, 1.165) is 17.9 Å². The van der Waals surface area contributed by atoms with Gasteiger partial charge in [0.25, 0.3) is 0 Å². The first-order chi connectivity index (χ1) is 10.5. The zero-order valence-corrected chi connectivity index (χ0v) is 13.8. The molecular weight excluding hydrogens is 302 g/mol. The van der Waals surface area contributed by atoms with Crippen LogP contribution in [0.15, 0.2) is 24.3 Å². The van der Waals surface area contributed by atoms with Crippen molar-refractivity contribution >= 4 is 10.0 Å². The molecule has 5 nitrogen and oxygen atoms in total. The van der Waals surface area contributed by atoms with Crippen molar-refractivity contribution in [2.75, 3.05) is 19.0 Å². The molecular formula is C16H25NO4S. The third kappa shape index (κ3) is 5.59. The number of hydrogen-bond donors (Lipinski definition) is 2. The first-order valence-corrected chi connectivity index (χ1v) is 9.53. The summed E-state index contributed by atoms with van der Waals surface area (Å²) in [7, 11) is -3.38. The third-order valence-corrected chi connectivity index (χ3v) is 5.21. The van der Waals surface area contributed by atoms with Gasteiger partial charge in [-0.2, -0.15) is 0 Å². The van der Waals surface area contributed by atoms with E-state index in [1.807, 2.05) is 31.2 Å². The Morgan fingerprint density at radius 2 is 2.18 bits per heavy atom. The summed E-state index contributed by atoms with van der Waals surface area (Å²) in [5.74, 6) is 1.41. The van der Waals surface area contributed by atoms with Gasteiger partial charge in [0.05, 0.1) is 12.4 Å². The summed E-state index contributed by atoms with van der Waals surface area (Å²) in [5.41, 5.74) is 0.906. The van der Waals surface area contributed by atoms with Crippen molar-refractivity contribution in [2.24, 2.45) is 5.92 Å². The summed E-state index contributed by atoms with van der Waals surface area (Å²) < 4.78 is 32.4. The molecule has 0 amide bonds. The lowest BCUT2D eigenvalue weighted by Crippen LogP contribution is -2.30. The largest absolute Gasteiger partial charge is 0.493 e. The van der Waals surface area contributed by atoms with E-state index in [4.69, 9.17) is 9.84 Å². The maximum Gasteiger partial charge on any atom is 0.212 e. The van der Waals surface area contributed by atoms with Crippen LogP contribution in [-0.2, 0) is 10.0 Å². The molecule has 1 aromatic carbocycles. The molecule has 1 aliphatic rings. The Bertz CT molecular complexity index is 569. The van der Waals surface area contributed by atoms with E-state index in [-0.39, 0.29) is 24.8 Å². The first kappa shape index (κ1) is 17.2. The second kappa shape index (κ2) is 7.94. The monoisotopic (exact) mass is 327 g/mol. The molecule has 0 radical (unpaired) electrons. The number of rotatable bonds is 10. The van der Waals surface area contributed by atoms with Gasteiger partial charge in [0.1, 0.15) is 5.75 Å². The van der Waals surface area contributed by atoms with Gasteiger partial charge in [-0.1, -0.05) is 19.1 Å². The highest BCUT2D eigenvalue weighted by atomic mass is 32.2. The van der Waals surface area contributed by atoms with Gasteiger partial charge in [-0.25, -0.2) is 13.1 Å². The molecule has 1 aliphatic carbocycles. The quantitative estimate of drug-likeness (QED) is 0.691. The van der Waals surface area contributed by atoms with Crippen molar-refractivity contribution in [3.63, 3.8) is 0 Å². The lowest BCUT2D eigenvalue weighted by atomic mass is 10.1. The van der Waals surface area contributed by atoms with Crippen molar-refractivity contribution in [2.45, 2.75) is 38.6 Å². The number of nitrogens with one attached hydrogen (secondary N) is 1. The summed E-state index contributed by atoms with van der Waals surface area (Å²) >= 11 is 0. The van der Waals surface area contributed by atoms with Gasteiger partial charge in [0, 0.05) is 12.6 Å². The summed E-state index contributed by atoms with van der Waals surface area (Å²) in [6.07, 6.45) is 3.38. The zero-order chi connectivity index (χ0) is 16.0. The van der Waals surface area contributed by atoms with Crippen molar-refractivity contribution in [3.8, 4) is 5.75 Å². The lowest BCUT2D eigenvalue weighted by molar-refractivity contribution is 0.295. The van der Waals surface area contributed by atoms with Crippen molar-refractivity contribution in [1.29, 1.82) is 0 Å².